The van der Waals surface area contributed by atoms with Crippen LogP contribution in [-0.4, -0.2) is 55.1 Å². The summed E-state index contributed by atoms with van der Waals surface area (Å²) in [7, 11) is 5.38. The molecule has 1 fully saturated rings. The molecule has 20 heavy (non-hydrogen) atoms. The zero-order valence-electron chi connectivity index (χ0n) is 11.9. The van der Waals surface area contributed by atoms with Crippen LogP contribution in [0.1, 0.15) is 12.8 Å². The molecule has 1 aromatic rings. The lowest BCUT2D eigenvalue weighted by Gasteiger charge is -2.31. The van der Waals surface area contributed by atoms with Gasteiger partial charge in [0.1, 0.15) is 0 Å². The van der Waals surface area contributed by atoms with Crippen LogP contribution in [0.5, 0.6) is 0 Å². The van der Waals surface area contributed by atoms with Gasteiger partial charge < -0.3 is 15.1 Å². The summed E-state index contributed by atoms with van der Waals surface area (Å²) in [6, 6.07) is 0. The lowest BCUT2D eigenvalue weighted by Crippen LogP contribution is -2.40. The first-order valence-corrected chi connectivity index (χ1v) is 6.94. The summed E-state index contributed by atoms with van der Waals surface area (Å²) in [6.45, 7) is 1.48. The summed E-state index contributed by atoms with van der Waals surface area (Å²) in [5, 5.41) is 2.88. The van der Waals surface area contributed by atoms with E-state index in [4.69, 9.17) is 11.6 Å². The maximum Gasteiger partial charge on any atom is 0.231 e. The predicted molar refractivity (Wildman–Crippen MR) is 78.2 cm³/mol. The molecular formula is C12H19ClN6O. The molecule has 0 atom stereocenters. The standard InChI is InChI=1S/C12H19ClN6O/c1-14-9(20)8-4-6-19(7-5-8)12-16-10(13)15-11(17-12)18(2)3/h8H,4-7H2,1-3H3,(H,14,20). The first-order valence-electron chi connectivity index (χ1n) is 6.56. The van der Waals surface area contributed by atoms with Crippen LogP contribution in [0.3, 0.4) is 0 Å². The van der Waals surface area contributed by atoms with Gasteiger partial charge in [0.05, 0.1) is 0 Å². The number of nitrogens with one attached hydrogen (secondary N) is 1. The molecule has 0 aliphatic carbocycles. The third kappa shape index (κ3) is 3.27. The Balaban J connectivity index is 2.09. The fourth-order valence-corrected chi connectivity index (χ4v) is 2.37. The number of piperidine rings is 1. The number of anilines is 2. The minimum absolute atomic E-state index is 0.0712. The highest BCUT2D eigenvalue weighted by molar-refractivity contribution is 6.28. The molecule has 0 spiro atoms. The van der Waals surface area contributed by atoms with E-state index in [0.717, 1.165) is 25.9 Å². The summed E-state index contributed by atoms with van der Waals surface area (Å²) in [4.78, 5) is 28.1. The van der Waals surface area contributed by atoms with E-state index in [9.17, 15) is 4.79 Å². The van der Waals surface area contributed by atoms with Crippen molar-refractivity contribution in [1.82, 2.24) is 20.3 Å². The Kier molecular flexibility index (Phi) is 4.59. The maximum absolute atomic E-state index is 11.6. The summed E-state index contributed by atoms with van der Waals surface area (Å²) < 4.78 is 0. The number of hydrogen-bond donors (Lipinski definition) is 1. The molecule has 2 heterocycles. The van der Waals surface area contributed by atoms with E-state index in [1.165, 1.54) is 0 Å². The van der Waals surface area contributed by atoms with Gasteiger partial charge >= 0.3 is 0 Å². The van der Waals surface area contributed by atoms with Crippen LogP contribution in [-0.2, 0) is 4.79 Å². The molecule has 0 radical (unpaired) electrons. The second-order valence-corrected chi connectivity index (χ2v) is 5.31. The van der Waals surface area contributed by atoms with Gasteiger partial charge in [0.15, 0.2) is 0 Å². The van der Waals surface area contributed by atoms with E-state index in [1.54, 1.807) is 11.9 Å². The largest absolute Gasteiger partial charge is 0.359 e. The van der Waals surface area contributed by atoms with Crippen LogP contribution in [0.4, 0.5) is 11.9 Å². The maximum atomic E-state index is 11.6. The quantitative estimate of drug-likeness (QED) is 0.878. The molecule has 1 saturated heterocycles. The van der Waals surface area contributed by atoms with E-state index >= 15 is 0 Å². The number of rotatable bonds is 3. The zero-order chi connectivity index (χ0) is 14.7. The van der Waals surface area contributed by atoms with E-state index in [2.05, 4.69) is 20.3 Å². The molecule has 110 valence electrons. The van der Waals surface area contributed by atoms with E-state index < -0.39 is 0 Å². The van der Waals surface area contributed by atoms with Gasteiger partial charge in [-0.2, -0.15) is 15.0 Å². The van der Waals surface area contributed by atoms with Crippen LogP contribution < -0.4 is 15.1 Å². The monoisotopic (exact) mass is 298 g/mol. The average molecular weight is 299 g/mol. The second kappa shape index (κ2) is 6.21. The molecule has 1 amide bonds. The molecule has 1 aromatic heterocycles. The molecular weight excluding hydrogens is 280 g/mol. The Hall–Kier alpha value is -1.63. The molecule has 0 unspecified atom stereocenters. The number of hydrogen-bond acceptors (Lipinski definition) is 6. The molecule has 1 aliphatic rings. The number of nitrogens with zero attached hydrogens (tertiary/aromatic N) is 5. The molecule has 2 rings (SSSR count). The SMILES string of the molecule is CNC(=O)C1CCN(c2nc(Cl)nc(N(C)C)n2)CC1. The summed E-state index contributed by atoms with van der Waals surface area (Å²) in [5.41, 5.74) is 0. The highest BCUT2D eigenvalue weighted by Crippen LogP contribution is 2.22. The Morgan fingerprint density at radius 3 is 2.50 bits per heavy atom. The average Bonchev–Trinajstić information content (AvgIpc) is 2.46. The van der Waals surface area contributed by atoms with Gasteiger partial charge in [0, 0.05) is 40.2 Å². The topological polar surface area (TPSA) is 74.2 Å². The number of carbonyl (C=O) groups is 1. The smallest absolute Gasteiger partial charge is 0.231 e. The van der Waals surface area contributed by atoms with Gasteiger partial charge in [-0.1, -0.05) is 0 Å². The molecule has 1 N–H and O–H groups in total. The zero-order valence-corrected chi connectivity index (χ0v) is 12.7. The normalized spacial score (nSPS) is 16.1. The molecule has 0 aromatic carbocycles. The van der Waals surface area contributed by atoms with Crippen molar-refractivity contribution in [2.24, 2.45) is 5.92 Å². The molecule has 1 aliphatic heterocycles. The summed E-state index contributed by atoms with van der Waals surface area (Å²) in [5.74, 6) is 1.28. The number of aromatic nitrogens is 3. The number of amides is 1. The van der Waals surface area contributed by atoms with Crippen molar-refractivity contribution in [1.29, 1.82) is 0 Å². The lowest BCUT2D eigenvalue weighted by molar-refractivity contribution is -0.125. The van der Waals surface area contributed by atoms with Crippen LogP contribution in [0.25, 0.3) is 0 Å². The summed E-state index contributed by atoms with van der Waals surface area (Å²) >= 11 is 5.94. The Morgan fingerprint density at radius 1 is 1.30 bits per heavy atom. The molecule has 7 nitrogen and oxygen atoms in total. The minimum Gasteiger partial charge on any atom is -0.359 e. The predicted octanol–water partition coefficient (Wildman–Crippen LogP) is 0.553. The van der Waals surface area contributed by atoms with Gasteiger partial charge in [-0.3, -0.25) is 4.79 Å². The van der Waals surface area contributed by atoms with Crippen molar-refractivity contribution >= 4 is 29.4 Å². The molecule has 8 heteroatoms. The van der Waals surface area contributed by atoms with Crippen molar-refractivity contribution in [2.75, 3.05) is 44.0 Å². The van der Waals surface area contributed by atoms with Crippen molar-refractivity contribution in [2.45, 2.75) is 12.8 Å². The van der Waals surface area contributed by atoms with Gasteiger partial charge in [0.25, 0.3) is 0 Å². The van der Waals surface area contributed by atoms with Crippen molar-refractivity contribution in [3.05, 3.63) is 5.28 Å². The van der Waals surface area contributed by atoms with Crippen LogP contribution in [0.2, 0.25) is 5.28 Å². The van der Waals surface area contributed by atoms with Gasteiger partial charge in [-0.15, -0.1) is 0 Å². The van der Waals surface area contributed by atoms with Crippen molar-refractivity contribution < 1.29 is 4.79 Å². The minimum atomic E-state index is 0.0712. The van der Waals surface area contributed by atoms with Crippen molar-refractivity contribution in [3.63, 3.8) is 0 Å². The number of halogens is 1. The Bertz CT molecular complexity index is 487. The summed E-state index contributed by atoms with van der Waals surface area (Å²) in [6.07, 6.45) is 1.58. The first kappa shape index (κ1) is 14.8. The second-order valence-electron chi connectivity index (χ2n) is 4.97. The Labute approximate surface area is 123 Å². The van der Waals surface area contributed by atoms with Gasteiger partial charge in [-0.25, -0.2) is 0 Å². The highest BCUT2D eigenvalue weighted by atomic mass is 35.5. The van der Waals surface area contributed by atoms with Gasteiger partial charge in [0.2, 0.25) is 23.1 Å². The van der Waals surface area contributed by atoms with Crippen LogP contribution >= 0.6 is 11.6 Å². The van der Waals surface area contributed by atoms with Crippen molar-refractivity contribution in [3.8, 4) is 0 Å². The molecule has 0 bridgehead atoms. The van der Waals surface area contributed by atoms with E-state index in [0.29, 0.717) is 11.9 Å². The van der Waals surface area contributed by atoms with E-state index in [-0.39, 0.29) is 17.1 Å². The first-order chi connectivity index (χ1) is 9.51. The third-order valence-electron chi connectivity index (χ3n) is 3.38. The van der Waals surface area contributed by atoms with E-state index in [1.807, 2.05) is 19.0 Å². The number of carbonyl (C=O) groups excluding carboxylic acids is 1. The molecule has 0 saturated carbocycles. The van der Waals surface area contributed by atoms with Crippen LogP contribution in [0, 0.1) is 5.92 Å². The van der Waals surface area contributed by atoms with Gasteiger partial charge in [-0.05, 0) is 24.4 Å². The third-order valence-corrected chi connectivity index (χ3v) is 3.55. The fraction of sp³-hybridized carbons (Fsp3) is 0.667. The van der Waals surface area contributed by atoms with Crippen LogP contribution in [0.15, 0.2) is 0 Å². The fourth-order valence-electron chi connectivity index (χ4n) is 2.22. The lowest BCUT2D eigenvalue weighted by atomic mass is 9.96. The highest BCUT2D eigenvalue weighted by Gasteiger charge is 2.26. The Morgan fingerprint density at radius 2 is 1.95 bits per heavy atom.